The SMILES string of the molecule is CCC(N)C(c1ccc(F)cc1)N1CCC(COC)CC1. The molecule has 0 bridgehead atoms. The third kappa shape index (κ3) is 4.25. The second-order valence-electron chi connectivity index (χ2n) is 6.00. The minimum atomic E-state index is -0.193. The zero-order valence-corrected chi connectivity index (χ0v) is 13.1. The van der Waals surface area contributed by atoms with Crippen LogP contribution in [0.3, 0.4) is 0 Å². The van der Waals surface area contributed by atoms with Gasteiger partial charge in [0.1, 0.15) is 5.82 Å². The molecule has 2 unspecified atom stereocenters. The number of likely N-dealkylation sites (tertiary alicyclic amines) is 1. The number of methoxy groups -OCH3 is 1. The number of benzene rings is 1. The lowest BCUT2D eigenvalue weighted by Gasteiger charge is -2.40. The highest BCUT2D eigenvalue weighted by Gasteiger charge is 2.29. The fraction of sp³-hybridized carbons (Fsp3) is 0.647. The molecule has 1 aliphatic rings. The first-order valence-corrected chi connectivity index (χ1v) is 7.89. The molecule has 2 N–H and O–H groups in total. The zero-order chi connectivity index (χ0) is 15.2. The van der Waals surface area contributed by atoms with E-state index in [1.807, 2.05) is 12.1 Å². The van der Waals surface area contributed by atoms with Crippen molar-refractivity contribution < 1.29 is 9.13 Å². The highest BCUT2D eigenvalue weighted by molar-refractivity contribution is 5.22. The van der Waals surface area contributed by atoms with E-state index in [-0.39, 0.29) is 17.9 Å². The van der Waals surface area contributed by atoms with Crippen LogP contribution in [0.4, 0.5) is 4.39 Å². The van der Waals surface area contributed by atoms with E-state index in [2.05, 4.69) is 11.8 Å². The number of nitrogens with zero attached hydrogens (tertiary/aromatic N) is 1. The van der Waals surface area contributed by atoms with Crippen LogP contribution in [0, 0.1) is 11.7 Å². The smallest absolute Gasteiger partial charge is 0.123 e. The van der Waals surface area contributed by atoms with Crippen molar-refractivity contribution in [1.82, 2.24) is 4.90 Å². The predicted molar refractivity (Wildman–Crippen MR) is 83.6 cm³/mol. The Morgan fingerprint density at radius 3 is 2.43 bits per heavy atom. The molecule has 0 saturated carbocycles. The highest BCUT2D eigenvalue weighted by atomic mass is 19.1. The number of nitrogens with two attached hydrogens (primary N) is 1. The quantitative estimate of drug-likeness (QED) is 0.876. The van der Waals surface area contributed by atoms with Gasteiger partial charge >= 0.3 is 0 Å². The molecule has 0 spiro atoms. The van der Waals surface area contributed by atoms with Crippen molar-refractivity contribution in [3.8, 4) is 0 Å². The Morgan fingerprint density at radius 1 is 1.29 bits per heavy atom. The number of piperidine rings is 1. The van der Waals surface area contributed by atoms with Gasteiger partial charge in [-0.25, -0.2) is 4.39 Å². The van der Waals surface area contributed by atoms with E-state index in [9.17, 15) is 4.39 Å². The Kier molecular flexibility index (Phi) is 6.15. The van der Waals surface area contributed by atoms with Gasteiger partial charge in [-0.05, 0) is 56.0 Å². The molecule has 2 atom stereocenters. The Hall–Kier alpha value is -0.970. The van der Waals surface area contributed by atoms with E-state index < -0.39 is 0 Å². The van der Waals surface area contributed by atoms with Gasteiger partial charge in [0.25, 0.3) is 0 Å². The largest absolute Gasteiger partial charge is 0.384 e. The van der Waals surface area contributed by atoms with Crippen LogP contribution < -0.4 is 5.73 Å². The summed E-state index contributed by atoms with van der Waals surface area (Å²) in [5.41, 5.74) is 7.47. The van der Waals surface area contributed by atoms with Crippen molar-refractivity contribution in [3.63, 3.8) is 0 Å². The lowest BCUT2D eigenvalue weighted by Crippen LogP contribution is -2.45. The predicted octanol–water partition coefficient (Wildman–Crippen LogP) is 2.96. The summed E-state index contributed by atoms with van der Waals surface area (Å²) in [5, 5.41) is 0. The monoisotopic (exact) mass is 294 g/mol. The summed E-state index contributed by atoms with van der Waals surface area (Å²) in [6, 6.07) is 7.06. The average Bonchev–Trinajstić information content (AvgIpc) is 2.51. The molecule has 0 aliphatic carbocycles. The first kappa shape index (κ1) is 16.4. The van der Waals surface area contributed by atoms with Gasteiger partial charge in [-0.3, -0.25) is 4.90 Å². The Balaban J connectivity index is 2.09. The molecule has 1 aromatic rings. The average molecular weight is 294 g/mol. The highest BCUT2D eigenvalue weighted by Crippen LogP contribution is 2.30. The Morgan fingerprint density at radius 2 is 1.90 bits per heavy atom. The van der Waals surface area contributed by atoms with Gasteiger partial charge in [0.2, 0.25) is 0 Å². The van der Waals surface area contributed by atoms with Crippen molar-refractivity contribution in [2.24, 2.45) is 11.7 Å². The van der Waals surface area contributed by atoms with Gasteiger partial charge in [-0.2, -0.15) is 0 Å². The van der Waals surface area contributed by atoms with Crippen LogP contribution in [-0.2, 0) is 4.74 Å². The zero-order valence-electron chi connectivity index (χ0n) is 13.1. The maximum Gasteiger partial charge on any atom is 0.123 e. The lowest BCUT2D eigenvalue weighted by atomic mass is 9.91. The first-order valence-electron chi connectivity index (χ1n) is 7.89. The van der Waals surface area contributed by atoms with Crippen molar-refractivity contribution in [1.29, 1.82) is 0 Å². The molecule has 1 aliphatic heterocycles. The maximum atomic E-state index is 13.2. The van der Waals surface area contributed by atoms with Crippen molar-refractivity contribution in [3.05, 3.63) is 35.6 Å². The van der Waals surface area contributed by atoms with Gasteiger partial charge < -0.3 is 10.5 Å². The minimum absolute atomic E-state index is 0.0782. The molecule has 1 saturated heterocycles. The molecule has 2 rings (SSSR count). The molecule has 4 heteroatoms. The molecule has 21 heavy (non-hydrogen) atoms. The van der Waals surface area contributed by atoms with E-state index in [1.165, 1.54) is 12.1 Å². The first-order chi connectivity index (χ1) is 10.2. The summed E-state index contributed by atoms with van der Waals surface area (Å²) in [5.74, 6) is 0.458. The summed E-state index contributed by atoms with van der Waals surface area (Å²) in [6.45, 7) is 5.02. The van der Waals surface area contributed by atoms with E-state index in [1.54, 1.807) is 7.11 Å². The second kappa shape index (κ2) is 7.87. The lowest BCUT2D eigenvalue weighted by molar-refractivity contribution is 0.0714. The van der Waals surface area contributed by atoms with Crippen LogP contribution in [0.25, 0.3) is 0 Å². The standard InChI is InChI=1S/C17H27FN2O/c1-3-16(19)17(14-4-6-15(18)7-5-14)20-10-8-13(9-11-20)12-21-2/h4-7,13,16-17H,3,8-12,19H2,1-2H3. The molecule has 3 nitrogen and oxygen atoms in total. The van der Waals surface area contributed by atoms with Gasteiger partial charge in [0.15, 0.2) is 0 Å². The van der Waals surface area contributed by atoms with Crippen LogP contribution in [0.1, 0.15) is 37.8 Å². The van der Waals surface area contributed by atoms with Crippen LogP contribution in [0.15, 0.2) is 24.3 Å². The van der Waals surface area contributed by atoms with E-state index in [0.29, 0.717) is 5.92 Å². The van der Waals surface area contributed by atoms with Gasteiger partial charge in [0.05, 0.1) is 0 Å². The number of hydrogen-bond donors (Lipinski definition) is 1. The van der Waals surface area contributed by atoms with Crippen LogP contribution in [-0.4, -0.2) is 37.7 Å². The van der Waals surface area contributed by atoms with E-state index >= 15 is 0 Å². The van der Waals surface area contributed by atoms with Gasteiger partial charge in [0, 0.05) is 25.8 Å². The summed E-state index contributed by atoms with van der Waals surface area (Å²) < 4.78 is 18.4. The normalized spacial score (nSPS) is 20.4. The van der Waals surface area contributed by atoms with Crippen LogP contribution >= 0.6 is 0 Å². The van der Waals surface area contributed by atoms with Crippen LogP contribution in [0.2, 0.25) is 0 Å². The topological polar surface area (TPSA) is 38.5 Å². The number of rotatable bonds is 6. The van der Waals surface area contributed by atoms with Crippen molar-refractivity contribution in [2.45, 2.75) is 38.3 Å². The molecular weight excluding hydrogens is 267 g/mol. The number of hydrogen-bond acceptors (Lipinski definition) is 3. The summed E-state index contributed by atoms with van der Waals surface area (Å²) in [6.07, 6.45) is 3.20. The molecule has 0 amide bonds. The third-order valence-corrected chi connectivity index (χ3v) is 4.53. The molecule has 1 heterocycles. The summed E-state index contributed by atoms with van der Waals surface area (Å²) >= 11 is 0. The van der Waals surface area contributed by atoms with Crippen LogP contribution in [0.5, 0.6) is 0 Å². The Labute approximate surface area is 127 Å². The molecule has 0 radical (unpaired) electrons. The third-order valence-electron chi connectivity index (χ3n) is 4.53. The summed E-state index contributed by atoms with van der Waals surface area (Å²) in [4.78, 5) is 2.45. The van der Waals surface area contributed by atoms with Gasteiger partial charge in [-0.15, -0.1) is 0 Å². The number of halogens is 1. The minimum Gasteiger partial charge on any atom is -0.384 e. The van der Waals surface area contributed by atoms with Crippen molar-refractivity contribution >= 4 is 0 Å². The maximum absolute atomic E-state index is 13.2. The Bertz CT molecular complexity index is 415. The number of ether oxygens (including phenoxy) is 1. The molecule has 0 aromatic heterocycles. The molecule has 118 valence electrons. The van der Waals surface area contributed by atoms with E-state index in [4.69, 9.17) is 10.5 Å². The fourth-order valence-corrected chi connectivity index (χ4v) is 3.25. The molecular formula is C17H27FN2O. The van der Waals surface area contributed by atoms with E-state index in [0.717, 1.165) is 44.5 Å². The molecule has 1 aromatic carbocycles. The molecule has 1 fully saturated rings. The second-order valence-corrected chi connectivity index (χ2v) is 6.00. The van der Waals surface area contributed by atoms with Crippen molar-refractivity contribution in [2.75, 3.05) is 26.8 Å². The summed E-state index contributed by atoms with van der Waals surface area (Å²) in [7, 11) is 1.76. The fourth-order valence-electron chi connectivity index (χ4n) is 3.25. The van der Waals surface area contributed by atoms with Gasteiger partial charge in [-0.1, -0.05) is 19.1 Å².